The average Bonchev–Trinajstić information content (AvgIpc) is 3.19. The van der Waals surface area contributed by atoms with Gasteiger partial charge in [0.1, 0.15) is 0 Å². The molecule has 0 bridgehead atoms. The highest BCUT2D eigenvalue weighted by Crippen LogP contribution is 2.28. The molecule has 0 radical (unpaired) electrons. The van der Waals surface area contributed by atoms with Crippen molar-refractivity contribution in [3.63, 3.8) is 0 Å². The van der Waals surface area contributed by atoms with Gasteiger partial charge in [-0.1, -0.05) is 24.3 Å². The van der Waals surface area contributed by atoms with Crippen LogP contribution in [0.1, 0.15) is 22.3 Å². The molecule has 2 aromatic rings. The zero-order valence-electron chi connectivity index (χ0n) is 16.6. The number of amides is 1. The number of carbonyl (C=O) groups excluding carboxylic acids is 1. The van der Waals surface area contributed by atoms with Crippen LogP contribution < -0.4 is 20.9 Å². The van der Waals surface area contributed by atoms with E-state index in [1.165, 1.54) is 5.69 Å². The number of halogens is 2. The van der Waals surface area contributed by atoms with Gasteiger partial charge < -0.3 is 20.9 Å². The normalized spacial score (nSPS) is 16.2. The van der Waals surface area contributed by atoms with Crippen LogP contribution in [0.2, 0.25) is 0 Å². The second-order valence-corrected chi connectivity index (χ2v) is 7.58. The largest absolute Gasteiger partial charge is 0.368 e. The summed E-state index contributed by atoms with van der Waals surface area (Å²) in [5, 5.41) is 9.49. The third kappa shape index (κ3) is 6.33. The van der Waals surface area contributed by atoms with Gasteiger partial charge in [0.15, 0.2) is 5.96 Å². The van der Waals surface area contributed by atoms with Gasteiger partial charge in [0.25, 0.3) is 5.91 Å². The van der Waals surface area contributed by atoms with E-state index in [0.29, 0.717) is 18.2 Å². The van der Waals surface area contributed by atoms with Gasteiger partial charge in [0.2, 0.25) is 0 Å². The van der Waals surface area contributed by atoms with E-state index in [0.717, 1.165) is 35.5 Å². The summed E-state index contributed by atoms with van der Waals surface area (Å²) in [5.74, 6) is 0.710. The van der Waals surface area contributed by atoms with Crippen LogP contribution in [-0.2, 0) is 6.54 Å². The van der Waals surface area contributed by atoms with E-state index in [2.05, 4.69) is 60.0 Å². The second-order valence-electron chi connectivity index (χ2n) is 6.73. The maximum absolute atomic E-state index is 11.6. The predicted octanol–water partition coefficient (Wildman–Crippen LogP) is 3.37. The summed E-state index contributed by atoms with van der Waals surface area (Å²) >= 11 is 3.64. The number of anilines is 1. The van der Waals surface area contributed by atoms with E-state index in [4.69, 9.17) is 0 Å². The van der Waals surface area contributed by atoms with Crippen molar-refractivity contribution in [3.05, 3.63) is 64.1 Å². The fraction of sp³-hybridized carbons (Fsp3) is 0.333. The Morgan fingerprint density at radius 2 is 1.93 bits per heavy atom. The zero-order valence-corrected chi connectivity index (χ0v) is 20.5. The van der Waals surface area contributed by atoms with E-state index >= 15 is 0 Å². The number of benzene rings is 2. The van der Waals surface area contributed by atoms with E-state index < -0.39 is 0 Å². The minimum absolute atomic E-state index is 0. The molecule has 1 aliphatic rings. The maximum Gasteiger partial charge on any atom is 0.251 e. The quantitative estimate of drug-likeness (QED) is 0.292. The summed E-state index contributed by atoms with van der Waals surface area (Å²) < 4.78 is 1.12. The third-order valence-corrected chi connectivity index (χ3v) is 5.52. The monoisotopic (exact) mass is 571 g/mol. The van der Waals surface area contributed by atoms with Gasteiger partial charge in [-0.3, -0.25) is 9.79 Å². The molecule has 1 amide bonds. The Bertz CT molecular complexity index is 843. The van der Waals surface area contributed by atoms with Gasteiger partial charge in [-0.05, 0) is 52.2 Å². The predicted molar refractivity (Wildman–Crippen MR) is 133 cm³/mol. The average molecular weight is 572 g/mol. The zero-order chi connectivity index (χ0) is 19.9. The molecule has 156 valence electrons. The molecule has 1 atom stereocenters. The standard InChI is InChI=1S/C21H26BrN5O.HI/c1-23-20(28)16-9-7-15(8-10-16)13-25-21(24-2)26-17-11-12-27(14-17)19-6-4-3-5-18(19)22;/h3-10,17H,11-14H2,1-2H3,(H,23,28)(H2,24,25,26);1H. The minimum atomic E-state index is -0.0761. The molecule has 2 aromatic carbocycles. The van der Waals surface area contributed by atoms with Crippen LogP contribution >= 0.6 is 39.9 Å². The number of hydrogen-bond acceptors (Lipinski definition) is 3. The molecule has 1 saturated heterocycles. The molecule has 0 aliphatic carbocycles. The van der Waals surface area contributed by atoms with Crippen molar-refractivity contribution < 1.29 is 4.79 Å². The Labute approximate surface area is 197 Å². The first kappa shape index (κ1) is 23.5. The fourth-order valence-electron chi connectivity index (χ4n) is 3.30. The lowest BCUT2D eigenvalue weighted by atomic mass is 10.1. The molecule has 0 saturated carbocycles. The molecule has 1 fully saturated rings. The Morgan fingerprint density at radius 3 is 2.59 bits per heavy atom. The van der Waals surface area contributed by atoms with Crippen LogP contribution in [0.25, 0.3) is 0 Å². The number of guanidine groups is 1. The number of aliphatic imine (C=N–C) groups is 1. The summed E-state index contributed by atoms with van der Waals surface area (Å²) in [6, 6.07) is 16.2. The molecule has 0 aromatic heterocycles. The summed E-state index contributed by atoms with van der Waals surface area (Å²) in [4.78, 5) is 18.3. The lowest BCUT2D eigenvalue weighted by molar-refractivity contribution is 0.0963. The molecule has 8 heteroatoms. The van der Waals surface area contributed by atoms with Crippen molar-refractivity contribution in [2.75, 3.05) is 32.1 Å². The SMILES string of the molecule is CN=C(NCc1ccc(C(=O)NC)cc1)NC1CCN(c2ccccc2Br)C1.I. The van der Waals surface area contributed by atoms with Crippen molar-refractivity contribution in [3.8, 4) is 0 Å². The molecular formula is C21H27BrIN5O. The first-order chi connectivity index (χ1) is 13.6. The van der Waals surface area contributed by atoms with E-state index in [-0.39, 0.29) is 29.9 Å². The molecule has 3 N–H and O–H groups in total. The number of nitrogens with one attached hydrogen (secondary N) is 3. The number of carbonyl (C=O) groups is 1. The summed E-state index contributed by atoms with van der Waals surface area (Å²) in [7, 11) is 3.42. The fourth-order valence-corrected chi connectivity index (χ4v) is 3.83. The smallest absolute Gasteiger partial charge is 0.251 e. The van der Waals surface area contributed by atoms with Crippen LogP contribution in [0.5, 0.6) is 0 Å². The Hall–Kier alpha value is -1.81. The highest BCUT2D eigenvalue weighted by atomic mass is 127. The van der Waals surface area contributed by atoms with Gasteiger partial charge in [0.05, 0.1) is 5.69 Å². The molecule has 1 heterocycles. The number of rotatable bonds is 5. The van der Waals surface area contributed by atoms with Crippen molar-refractivity contribution in [1.29, 1.82) is 0 Å². The van der Waals surface area contributed by atoms with Crippen molar-refractivity contribution in [2.24, 2.45) is 4.99 Å². The maximum atomic E-state index is 11.6. The van der Waals surface area contributed by atoms with Crippen LogP contribution in [0.15, 0.2) is 58.0 Å². The highest BCUT2D eigenvalue weighted by molar-refractivity contribution is 14.0. The number of hydrogen-bond donors (Lipinski definition) is 3. The molecule has 0 spiro atoms. The van der Waals surface area contributed by atoms with Crippen molar-refractivity contribution in [2.45, 2.75) is 19.0 Å². The van der Waals surface area contributed by atoms with E-state index in [9.17, 15) is 4.79 Å². The number of nitrogens with zero attached hydrogens (tertiary/aromatic N) is 2. The van der Waals surface area contributed by atoms with E-state index in [1.54, 1.807) is 14.1 Å². The second kappa shape index (κ2) is 11.4. The van der Waals surface area contributed by atoms with Gasteiger partial charge in [-0.15, -0.1) is 24.0 Å². The first-order valence-electron chi connectivity index (χ1n) is 9.38. The van der Waals surface area contributed by atoms with Gasteiger partial charge in [-0.25, -0.2) is 0 Å². The van der Waals surface area contributed by atoms with Gasteiger partial charge in [-0.2, -0.15) is 0 Å². The van der Waals surface area contributed by atoms with Crippen molar-refractivity contribution >= 4 is 57.5 Å². The Balaban J connectivity index is 0.00000300. The lowest BCUT2D eigenvalue weighted by Gasteiger charge is -2.21. The minimum Gasteiger partial charge on any atom is -0.368 e. The Morgan fingerprint density at radius 1 is 1.21 bits per heavy atom. The van der Waals surface area contributed by atoms with Crippen LogP contribution in [0.4, 0.5) is 5.69 Å². The summed E-state index contributed by atoms with van der Waals surface area (Å²) in [6.07, 6.45) is 1.06. The molecule has 1 unspecified atom stereocenters. The first-order valence-corrected chi connectivity index (χ1v) is 10.2. The van der Waals surface area contributed by atoms with Gasteiger partial charge in [0, 0.05) is 49.8 Å². The summed E-state index contributed by atoms with van der Waals surface area (Å²) in [5.41, 5.74) is 2.98. The Kier molecular flexibility index (Phi) is 9.22. The van der Waals surface area contributed by atoms with E-state index in [1.807, 2.05) is 30.3 Å². The molecule has 6 nitrogen and oxygen atoms in total. The molecule has 3 rings (SSSR count). The van der Waals surface area contributed by atoms with Crippen LogP contribution in [0.3, 0.4) is 0 Å². The van der Waals surface area contributed by atoms with Crippen LogP contribution in [-0.4, -0.2) is 45.1 Å². The van der Waals surface area contributed by atoms with Gasteiger partial charge >= 0.3 is 0 Å². The molecule has 29 heavy (non-hydrogen) atoms. The highest BCUT2D eigenvalue weighted by Gasteiger charge is 2.24. The third-order valence-electron chi connectivity index (χ3n) is 4.85. The van der Waals surface area contributed by atoms with Crippen LogP contribution in [0, 0.1) is 0 Å². The number of para-hydroxylation sites is 1. The lowest BCUT2D eigenvalue weighted by Crippen LogP contribution is -2.44. The molecular weight excluding hydrogens is 545 g/mol. The molecule has 1 aliphatic heterocycles. The summed E-state index contributed by atoms with van der Waals surface area (Å²) in [6.45, 7) is 2.59. The topological polar surface area (TPSA) is 68.8 Å². The van der Waals surface area contributed by atoms with Crippen molar-refractivity contribution in [1.82, 2.24) is 16.0 Å².